The van der Waals surface area contributed by atoms with Gasteiger partial charge >= 0.3 is 6.18 Å². The molecule has 4 aromatic rings. The lowest BCUT2D eigenvalue weighted by Gasteiger charge is -2.19. The molecule has 12 heteroatoms. The van der Waals surface area contributed by atoms with Crippen molar-refractivity contribution in [2.75, 3.05) is 12.0 Å². The smallest absolute Gasteiger partial charge is 0.343 e. The van der Waals surface area contributed by atoms with Gasteiger partial charge in [0.25, 0.3) is 0 Å². The molecule has 0 bridgehead atoms. The Labute approximate surface area is 168 Å². The summed E-state index contributed by atoms with van der Waals surface area (Å²) >= 11 is 0. The lowest BCUT2D eigenvalue weighted by atomic mass is 10.0. The van der Waals surface area contributed by atoms with Crippen molar-refractivity contribution in [3.8, 4) is 16.9 Å². The monoisotopic (exact) mass is 436 g/mol. The summed E-state index contributed by atoms with van der Waals surface area (Å²) in [7, 11) is -3.84. The van der Waals surface area contributed by atoms with Crippen LogP contribution in [0, 0.1) is 0 Å². The van der Waals surface area contributed by atoms with E-state index in [9.17, 15) is 21.6 Å². The summed E-state index contributed by atoms with van der Waals surface area (Å²) in [6.45, 7) is 0. The number of alkyl halides is 3. The molecule has 0 spiro atoms. The summed E-state index contributed by atoms with van der Waals surface area (Å²) < 4.78 is 64.2. The molecule has 1 N–H and O–H groups in total. The number of H-pyrrole nitrogens is 1. The second-order valence-corrected chi connectivity index (χ2v) is 8.95. The van der Waals surface area contributed by atoms with Gasteiger partial charge in [0, 0.05) is 36.0 Å². The minimum absolute atomic E-state index is 0.225. The largest absolute Gasteiger partial charge is 0.396 e. The van der Waals surface area contributed by atoms with Crippen LogP contribution in [0.15, 0.2) is 49.3 Å². The number of rotatable bonds is 5. The normalized spacial score (nSPS) is 13.6. The molecule has 0 aliphatic rings. The molecule has 1 atom stereocenters. The van der Waals surface area contributed by atoms with Crippen LogP contribution in [0.25, 0.3) is 28.1 Å². The van der Waals surface area contributed by atoms with Gasteiger partial charge in [-0.05, 0) is 17.7 Å². The standard InChI is InChI=1S/C18H15F3N6O2S/c1-30(28,29)9-14(18(19,20)21)11-2-3-15(23-6-11)27-8-12(7-26-27)13-4-5-22-17-16(13)24-10-25-17/h2-8,10,14H,9H2,1H3,(H,22,24,25). The summed E-state index contributed by atoms with van der Waals surface area (Å²) in [5.41, 5.74) is 2.60. The highest BCUT2D eigenvalue weighted by Gasteiger charge is 2.42. The van der Waals surface area contributed by atoms with Gasteiger partial charge in [0.2, 0.25) is 0 Å². The Morgan fingerprint density at radius 1 is 1.13 bits per heavy atom. The minimum atomic E-state index is -4.71. The van der Waals surface area contributed by atoms with Crippen molar-refractivity contribution in [3.63, 3.8) is 0 Å². The van der Waals surface area contributed by atoms with E-state index in [2.05, 4.69) is 25.0 Å². The molecule has 156 valence electrons. The average Bonchev–Trinajstić information content (AvgIpc) is 3.34. The van der Waals surface area contributed by atoms with Gasteiger partial charge in [-0.1, -0.05) is 6.07 Å². The molecule has 0 aliphatic carbocycles. The Balaban J connectivity index is 1.64. The first-order valence-electron chi connectivity index (χ1n) is 8.66. The first-order chi connectivity index (χ1) is 14.1. The first-order valence-corrected chi connectivity index (χ1v) is 10.7. The van der Waals surface area contributed by atoms with E-state index < -0.39 is 27.7 Å². The highest BCUT2D eigenvalue weighted by Crippen LogP contribution is 2.35. The molecule has 4 aromatic heterocycles. The predicted octanol–water partition coefficient (Wildman–Crippen LogP) is 2.90. The Morgan fingerprint density at radius 2 is 1.93 bits per heavy atom. The fourth-order valence-corrected chi connectivity index (χ4v) is 4.09. The molecule has 0 amide bonds. The Morgan fingerprint density at radius 3 is 2.60 bits per heavy atom. The number of halogens is 3. The van der Waals surface area contributed by atoms with Gasteiger partial charge in [0.05, 0.1) is 29.7 Å². The van der Waals surface area contributed by atoms with Gasteiger partial charge in [-0.25, -0.2) is 28.1 Å². The van der Waals surface area contributed by atoms with Crippen molar-refractivity contribution in [2.24, 2.45) is 0 Å². The molecule has 4 heterocycles. The van der Waals surface area contributed by atoms with E-state index in [1.807, 2.05) is 0 Å². The van der Waals surface area contributed by atoms with Crippen molar-refractivity contribution in [1.82, 2.24) is 29.7 Å². The number of nitrogens with zero attached hydrogens (tertiary/aromatic N) is 5. The molecule has 0 saturated carbocycles. The van der Waals surface area contributed by atoms with Crippen LogP contribution in [0.2, 0.25) is 0 Å². The highest BCUT2D eigenvalue weighted by molar-refractivity contribution is 7.90. The summed E-state index contributed by atoms with van der Waals surface area (Å²) in [5.74, 6) is -2.89. The number of hydrogen-bond donors (Lipinski definition) is 1. The quantitative estimate of drug-likeness (QED) is 0.516. The Bertz CT molecular complexity index is 1300. The van der Waals surface area contributed by atoms with Crippen LogP contribution < -0.4 is 0 Å². The van der Waals surface area contributed by atoms with E-state index in [4.69, 9.17) is 0 Å². The zero-order valence-corrected chi connectivity index (χ0v) is 16.3. The maximum atomic E-state index is 13.3. The van der Waals surface area contributed by atoms with Gasteiger partial charge in [0.1, 0.15) is 9.84 Å². The van der Waals surface area contributed by atoms with Crippen LogP contribution in [0.5, 0.6) is 0 Å². The summed E-state index contributed by atoms with van der Waals surface area (Å²) in [6.07, 6.45) is 3.50. The number of nitrogens with one attached hydrogen (secondary N) is 1. The summed E-state index contributed by atoms with van der Waals surface area (Å²) in [5, 5.41) is 4.22. The summed E-state index contributed by atoms with van der Waals surface area (Å²) in [6, 6.07) is 4.37. The zero-order valence-electron chi connectivity index (χ0n) is 15.5. The number of imidazole rings is 1. The molecule has 0 fully saturated rings. The van der Waals surface area contributed by atoms with Crippen molar-refractivity contribution >= 4 is 21.0 Å². The number of sulfone groups is 1. The minimum Gasteiger partial charge on any atom is -0.343 e. The fraction of sp³-hybridized carbons (Fsp3) is 0.222. The van der Waals surface area contributed by atoms with Crippen molar-refractivity contribution in [1.29, 1.82) is 0 Å². The van der Waals surface area contributed by atoms with E-state index in [1.54, 1.807) is 24.7 Å². The zero-order chi connectivity index (χ0) is 21.5. The third-order valence-electron chi connectivity index (χ3n) is 4.49. The Kier molecular flexibility index (Phi) is 4.80. The van der Waals surface area contributed by atoms with E-state index in [-0.39, 0.29) is 5.56 Å². The molecule has 4 rings (SSSR count). The molecule has 0 radical (unpaired) electrons. The topological polar surface area (TPSA) is 106 Å². The van der Waals surface area contributed by atoms with Crippen LogP contribution in [-0.4, -0.2) is 56.3 Å². The highest BCUT2D eigenvalue weighted by atomic mass is 32.2. The SMILES string of the molecule is CS(=O)(=O)CC(c1ccc(-n2cc(-c3ccnc4nc[nH]c34)cn2)nc1)C(F)(F)F. The lowest BCUT2D eigenvalue weighted by Crippen LogP contribution is -2.28. The van der Waals surface area contributed by atoms with E-state index in [0.29, 0.717) is 11.5 Å². The van der Waals surface area contributed by atoms with Gasteiger partial charge in [-0.2, -0.15) is 18.3 Å². The van der Waals surface area contributed by atoms with Crippen LogP contribution >= 0.6 is 0 Å². The second kappa shape index (κ2) is 7.20. The first kappa shape index (κ1) is 20.0. The second-order valence-electron chi connectivity index (χ2n) is 6.77. The van der Waals surface area contributed by atoms with Crippen molar-refractivity contribution in [2.45, 2.75) is 12.1 Å². The van der Waals surface area contributed by atoms with E-state index >= 15 is 0 Å². The molecular formula is C18H15F3N6O2S. The number of hydrogen-bond acceptors (Lipinski definition) is 6. The van der Waals surface area contributed by atoms with Crippen LogP contribution in [0.3, 0.4) is 0 Å². The number of pyridine rings is 2. The van der Waals surface area contributed by atoms with E-state index in [0.717, 1.165) is 29.1 Å². The molecule has 0 aromatic carbocycles. The number of aromatic amines is 1. The maximum absolute atomic E-state index is 13.3. The van der Waals surface area contributed by atoms with Gasteiger partial charge in [-0.3, -0.25) is 0 Å². The predicted molar refractivity (Wildman–Crippen MR) is 103 cm³/mol. The Hall–Kier alpha value is -3.28. The lowest BCUT2D eigenvalue weighted by molar-refractivity contribution is -0.145. The number of fused-ring (bicyclic) bond motifs is 1. The molecule has 8 nitrogen and oxygen atoms in total. The average molecular weight is 436 g/mol. The van der Waals surface area contributed by atoms with Crippen LogP contribution in [-0.2, 0) is 9.84 Å². The van der Waals surface area contributed by atoms with E-state index in [1.165, 1.54) is 23.1 Å². The summed E-state index contributed by atoms with van der Waals surface area (Å²) in [4.78, 5) is 15.3. The molecule has 30 heavy (non-hydrogen) atoms. The van der Waals surface area contributed by atoms with Crippen LogP contribution in [0.1, 0.15) is 11.5 Å². The molecule has 1 unspecified atom stereocenters. The maximum Gasteiger partial charge on any atom is 0.396 e. The van der Waals surface area contributed by atoms with Gasteiger partial charge in [-0.15, -0.1) is 0 Å². The molecule has 0 saturated heterocycles. The molecular weight excluding hydrogens is 421 g/mol. The third-order valence-corrected chi connectivity index (χ3v) is 5.43. The van der Waals surface area contributed by atoms with Gasteiger partial charge in [0.15, 0.2) is 11.5 Å². The van der Waals surface area contributed by atoms with Crippen molar-refractivity contribution in [3.05, 3.63) is 54.9 Å². The number of aromatic nitrogens is 6. The third kappa shape index (κ3) is 4.03. The fourth-order valence-electron chi connectivity index (χ4n) is 3.10. The van der Waals surface area contributed by atoms with Crippen molar-refractivity contribution < 1.29 is 21.6 Å². The van der Waals surface area contributed by atoms with Crippen LogP contribution in [0.4, 0.5) is 13.2 Å². The van der Waals surface area contributed by atoms with Gasteiger partial charge < -0.3 is 4.98 Å². The molecule has 0 aliphatic heterocycles.